The molecule has 0 radical (unpaired) electrons. The minimum atomic E-state index is -0.427. The van der Waals surface area contributed by atoms with Gasteiger partial charge in [0.05, 0.1) is 24.3 Å². The van der Waals surface area contributed by atoms with Crippen LogP contribution in [0, 0.1) is 5.82 Å². The molecule has 1 heterocycles. The Morgan fingerprint density at radius 3 is 2.62 bits per heavy atom. The lowest BCUT2D eigenvalue weighted by Crippen LogP contribution is -2.19. The molecule has 0 aliphatic rings. The van der Waals surface area contributed by atoms with Crippen LogP contribution in [0.5, 0.6) is 11.5 Å². The third-order valence-corrected chi connectivity index (χ3v) is 6.22. The standard InChI is InChI=1S/C27H23ClFN5O4S/c1-2-37-22-13-17(12-20(28)25(22)38-16-19-10-6-7-11-21(19)29)15-30-32-23(35)14-24-33-34-27(39-24)31-26(36)18-8-4-3-5-9-18/h3-13,15H,2,14,16H2,1H3,(H,32,35)(H,31,34,36). The zero-order valence-corrected chi connectivity index (χ0v) is 22.3. The van der Waals surface area contributed by atoms with E-state index in [2.05, 4.69) is 26.0 Å². The number of hydrazone groups is 1. The first-order valence-corrected chi connectivity index (χ1v) is 13.0. The number of amides is 2. The minimum absolute atomic E-state index is 0.0285. The van der Waals surface area contributed by atoms with Gasteiger partial charge in [-0.2, -0.15) is 5.10 Å². The maximum atomic E-state index is 13.9. The fraction of sp³-hybridized carbons (Fsp3) is 0.148. The Bertz CT molecular complexity index is 1480. The zero-order chi connectivity index (χ0) is 27.6. The SMILES string of the molecule is CCOc1cc(C=NNC(=O)Cc2nnc(NC(=O)c3ccccc3)s2)cc(Cl)c1OCc1ccccc1F. The molecule has 2 N–H and O–H groups in total. The molecule has 0 aliphatic carbocycles. The van der Waals surface area contributed by atoms with Crippen molar-refractivity contribution in [2.45, 2.75) is 20.0 Å². The number of aromatic nitrogens is 2. The van der Waals surface area contributed by atoms with Crippen molar-refractivity contribution in [1.29, 1.82) is 0 Å². The average Bonchev–Trinajstić information content (AvgIpc) is 3.36. The van der Waals surface area contributed by atoms with Crippen LogP contribution < -0.4 is 20.2 Å². The van der Waals surface area contributed by atoms with Crippen molar-refractivity contribution < 1.29 is 23.5 Å². The van der Waals surface area contributed by atoms with Crippen molar-refractivity contribution in [1.82, 2.24) is 15.6 Å². The highest BCUT2D eigenvalue weighted by Gasteiger charge is 2.15. The van der Waals surface area contributed by atoms with E-state index in [1.807, 2.05) is 13.0 Å². The van der Waals surface area contributed by atoms with E-state index >= 15 is 0 Å². The van der Waals surface area contributed by atoms with Crippen molar-refractivity contribution in [2.24, 2.45) is 5.10 Å². The monoisotopic (exact) mass is 567 g/mol. The van der Waals surface area contributed by atoms with E-state index in [1.54, 1.807) is 54.6 Å². The Morgan fingerprint density at radius 1 is 1.08 bits per heavy atom. The largest absolute Gasteiger partial charge is 0.490 e. The quantitative estimate of drug-likeness (QED) is 0.189. The smallest absolute Gasteiger partial charge is 0.257 e. The summed E-state index contributed by atoms with van der Waals surface area (Å²) >= 11 is 7.50. The van der Waals surface area contributed by atoms with Gasteiger partial charge >= 0.3 is 0 Å². The van der Waals surface area contributed by atoms with Gasteiger partial charge in [0.15, 0.2) is 11.5 Å². The first-order valence-electron chi connectivity index (χ1n) is 11.8. The summed E-state index contributed by atoms with van der Waals surface area (Å²) in [5, 5.41) is 15.4. The van der Waals surface area contributed by atoms with Crippen LogP contribution >= 0.6 is 22.9 Å². The summed E-state index contributed by atoms with van der Waals surface area (Å²) in [6.07, 6.45) is 1.32. The van der Waals surface area contributed by atoms with Gasteiger partial charge in [-0.1, -0.05) is 59.3 Å². The van der Waals surface area contributed by atoms with Crippen LogP contribution in [-0.2, 0) is 17.8 Å². The maximum absolute atomic E-state index is 13.9. The highest BCUT2D eigenvalue weighted by Crippen LogP contribution is 2.37. The predicted octanol–water partition coefficient (Wildman–Crippen LogP) is 5.25. The van der Waals surface area contributed by atoms with E-state index < -0.39 is 5.91 Å². The lowest BCUT2D eigenvalue weighted by atomic mass is 10.2. The maximum Gasteiger partial charge on any atom is 0.257 e. The average molecular weight is 568 g/mol. The molecule has 0 aliphatic heterocycles. The summed E-state index contributed by atoms with van der Waals surface area (Å²) in [5.74, 6) is -0.499. The van der Waals surface area contributed by atoms with Crippen molar-refractivity contribution in [3.63, 3.8) is 0 Å². The number of anilines is 1. The molecule has 0 unspecified atom stereocenters. The molecule has 4 aromatic rings. The first kappa shape index (κ1) is 27.7. The number of benzene rings is 3. The summed E-state index contributed by atoms with van der Waals surface area (Å²) < 4.78 is 25.3. The van der Waals surface area contributed by atoms with Crippen LogP contribution in [-0.4, -0.2) is 34.8 Å². The molecule has 0 saturated heterocycles. The molecule has 12 heteroatoms. The molecule has 200 valence electrons. The van der Waals surface area contributed by atoms with E-state index in [0.29, 0.717) is 34.1 Å². The fourth-order valence-corrected chi connectivity index (χ4v) is 4.33. The van der Waals surface area contributed by atoms with Gasteiger partial charge in [-0.05, 0) is 42.8 Å². The fourth-order valence-electron chi connectivity index (χ4n) is 3.32. The molecular weight excluding hydrogens is 545 g/mol. The third-order valence-electron chi connectivity index (χ3n) is 5.10. The van der Waals surface area contributed by atoms with Crippen LogP contribution in [0.25, 0.3) is 0 Å². The number of hydrogen-bond donors (Lipinski definition) is 2. The Balaban J connectivity index is 1.34. The van der Waals surface area contributed by atoms with Gasteiger partial charge < -0.3 is 9.47 Å². The molecule has 0 fully saturated rings. The van der Waals surface area contributed by atoms with Crippen LogP contribution in [0.1, 0.15) is 33.4 Å². The number of carbonyl (C=O) groups excluding carboxylic acids is 2. The van der Waals surface area contributed by atoms with Crippen LogP contribution in [0.2, 0.25) is 5.02 Å². The lowest BCUT2D eigenvalue weighted by molar-refractivity contribution is -0.120. The predicted molar refractivity (Wildman–Crippen MR) is 147 cm³/mol. The van der Waals surface area contributed by atoms with E-state index in [0.717, 1.165) is 11.3 Å². The van der Waals surface area contributed by atoms with Gasteiger partial charge in [0.1, 0.15) is 17.4 Å². The highest BCUT2D eigenvalue weighted by atomic mass is 35.5. The van der Waals surface area contributed by atoms with Gasteiger partial charge in [-0.3, -0.25) is 14.9 Å². The van der Waals surface area contributed by atoms with Crippen molar-refractivity contribution >= 4 is 46.1 Å². The normalized spacial score (nSPS) is 10.8. The van der Waals surface area contributed by atoms with Crippen molar-refractivity contribution in [3.05, 3.63) is 99.3 Å². The minimum Gasteiger partial charge on any atom is -0.490 e. The van der Waals surface area contributed by atoms with Gasteiger partial charge in [-0.25, -0.2) is 9.82 Å². The molecule has 9 nitrogen and oxygen atoms in total. The van der Waals surface area contributed by atoms with Crippen LogP contribution in [0.4, 0.5) is 9.52 Å². The number of carbonyl (C=O) groups is 2. The van der Waals surface area contributed by atoms with E-state index in [4.69, 9.17) is 21.1 Å². The molecule has 3 aromatic carbocycles. The molecule has 0 spiro atoms. The number of halogens is 2. The van der Waals surface area contributed by atoms with Crippen molar-refractivity contribution in [3.8, 4) is 11.5 Å². The second-order valence-electron chi connectivity index (χ2n) is 7.93. The summed E-state index contributed by atoms with van der Waals surface area (Å²) in [7, 11) is 0. The van der Waals surface area contributed by atoms with E-state index in [1.165, 1.54) is 12.3 Å². The molecule has 2 amide bonds. The second kappa shape index (κ2) is 13.4. The second-order valence-corrected chi connectivity index (χ2v) is 9.40. The summed E-state index contributed by atoms with van der Waals surface area (Å²) in [6.45, 7) is 2.13. The Labute approximate surface area is 232 Å². The van der Waals surface area contributed by atoms with Gasteiger partial charge in [0, 0.05) is 11.1 Å². The van der Waals surface area contributed by atoms with Crippen LogP contribution in [0.3, 0.4) is 0 Å². The summed E-state index contributed by atoms with van der Waals surface area (Å²) in [4.78, 5) is 24.6. The van der Waals surface area contributed by atoms with Crippen LogP contribution in [0.15, 0.2) is 71.8 Å². The van der Waals surface area contributed by atoms with E-state index in [9.17, 15) is 14.0 Å². The third kappa shape index (κ3) is 7.82. The number of nitrogens with one attached hydrogen (secondary N) is 2. The number of hydrogen-bond acceptors (Lipinski definition) is 8. The van der Waals surface area contributed by atoms with Gasteiger partial charge in [0.25, 0.3) is 5.91 Å². The topological polar surface area (TPSA) is 115 Å². The van der Waals surface area contributed by atoms with E-state index in [-0.39, 0.29) is 40.7 Å². The molecular formula is C27H23ClFN5O4S. The molecule has 0 atom stereocenters. The lowest BCUT2D eigenvalue weighted by Gasteiger charge is -2.14. The molecule has 0 saturated carbocycles. The number of ether oxygens (including phenoxy) is 2. The van der Waals surface area contributed by atoms with Crippen molar-refractivity contribution in [2.75, 3.05) is 11.9 Å². The zero-order valence-electron chi connectivity index (χ0n) is 20.7. The molecule has 0 bridgehead atoms. The first-order chi connectivity index (χ1) is 18.9. The Morgan fingerprint density at radius 2 is 1.85 bits per heavy atom. The highest BCUT2D eigenvalue weighted by molar-refractivity contribution is 7.15. The number of rotatable bonds is 11. The molecule has 4 rings (SSSR count). The molecule has 39 heavy (non-hydrogen) atoms. The summed E-state index contributed by atoms with van der Waals surface area (Å²) in [5.41, 5.74) is 3.83. The number of nitrogens with zero attached hydrogens (tertiary/aromatic N) is 3. The van der Waals surface area contributed by atoms with Gasteiger partial charge in [-0.15, -0.1) is 10.2 Å². The summed E-state index contributed by atoms with van der Waals surface area (Å²) in [6, 6.07) is 18.2. The molecule has 1 aromatic heterocycles. The Hall–Kier alpha value is -4.35. The Kier molecular flexibility index (Phi) is 9.54. The van der Waals surface area contributed by atoms with Gasteiger partial charge in [0.2, 0.25) is 11.0 Å².